The second-order valence-electron chi connectivity index (χ2n) is 8.04. The van der Waals surface area contributed by atoms with Gasteiger partial charge in [0, 0.05) is 18.8 Å². The summed E-state index contributed by atoms with van der Waals surface area (Å²) in [6, 6.07) is 0. The molecule has 1 unspecified atom stereocenters. The second kappa shape index (κ2) is 11.5. The molecule has 0 heterocycles. The molecule has 0 saturated heterocycles. The van der Waals surface area contributed by atoms with Crippen LogP contribution in [0.15, 0.2) is 12.2 Å². The van der Waals surface area contributed by atoms with E-state index < -0.39 is 52.8 Å². The highest BCUT2D eigenvalue weighted by atomic mass is 28.4. The number of carbonyl (C=O) groups excluding carboxylic acids is 2. The van der Waals surface area contributed by atoms with Crippen molar-refractivity contribution in [3.05, 3.63) is 12.2 Å². The van der Waals surface area contributed by atoms with E-state index in [4.69, 9.17) is 13.6 Å². The Labute approximate surface area is 179 Å². The number of esters is 2. The standard InChI is InChI=1S/C17H28F6O6Si2/c1-7-10-26-14(31(5,6)29-30(2,3)4)11-27-12(24)8-9-13(25)28-15(16(18,19)20)17(21,22)23/h8-9,14-15H,7,10-11H2,1-6H3. The number of carbonyl (C=O) groups is 2. The maximum atomic E-state index is 12.4. The fourth-order valence-electron chi connectivity index (χ4n) is 2.38. The van der Waals surface area contributed by atoms with Gasteiger partial charge in [0.2, 0.25) is 8.32 Å². The maximum Gasteiger partial charge on any atom is 0.434 e. The predicted molar refractivity (Wildman–Crippen MR) is 104 cm³/mol. The number of alkyl halides is 6. The van der Waals surface area contributed by atoms with Crippen molar-refractivity contribution in [3.8, 4) is 0 Å². The van der Waals surface area contributed by atoms with Gasteiger partial charge in [-0.05, 0) is 39.2 Å². The first-order chi connectivity index (χ1) is 13.8. The van der Waals surface area contributed by atoms with Crippen molar-refractivity contribution in [1.29, 1.82) is 0 Å². The molecule has 0 bridgehead atoms. The van der Waals surface area contributed by atoms with E-state index in [0.717, 1.165) is 0 Å². The van der Waals surface area contributed by atoms with Crippen molar-refractivity contribution in [3.63, 3.8) is 0 Å². The van der Waals surface area contributed by atoms with E-state index in [1.807, 2.05) is 39.7 Å². The Morgan fingerprint density at radius 2 is 1.39 bits per heavy atom. The van der Waals surface area contributed by atoms with Gasteiger partial charge in [-0.1, -0.05) is 6.92 Å². The average Bonchev–Trinajstić information content (AvgIpc) is 2.53. The number of halogens is 6. The van der Waals surface area contributed by atoms with Gasteiger partial charge >= 0.3 is 24.3 Å². The molecule has 14 heteroatoms. The summed E-state index contributed by atoms with van der Waals surface area (Å²) in [5.41, 5.74) is -0.566. The SMILES string of the molecule is CCCOC(COC(=O)C=CC(=O)OC(C(F)(F)F)C(F)(F)F)[Si](C)(C)O[Si](C)(C)C. The van der Waals surface area contributed by atoms with Crippen LogP contribution in [0.1, 0.15) is 13.3 Å². The number of hydrogen-bond acceptors (Lipinski definition) is 6. The molecule has 0 saturated carbocycles. The van der Waals surface area contributed by atoms with Crippen LogP contribution in [0.3, 0.4) is 0 Å². The maximum absolute atomic E-state index is 12.4. The van der Waals surface area contributed by atoms with Gasteiger partial charge in [0.25, 0.3) is 6.10 Å². The van der Waals surface area contributed by atoms with E-state index in [1.165, 1.54) is 0 Å². The predicted octanol–water partition coefficient (Wildman–Crippen LogP) is 4.51. The third-order valence-corrected chi connectivity index (χ3v) is 9.87. The van der Waals surface area contributed by atoms with Crippen LogP contribution in [-0.2, 0) is 27.9 Å². The first-order valence-corrected chi connectivity index (χ1v) is 15.7. The molecule has 0 amide bonds. The quantitative estimate of drug-likeness (QED) is 0.181. The van der Waals surface area contributed by atoms with Crippen molar-refractivity contribution in [2.45, 2.75) is 70.3 Å². The summed E-state index contributed by atoms with van der Waals surface area (Å²) >= 11 is 0. The summed E-state index contributed by atoms with van der Waals surface area (Å²) in [5.74, 6) is -3.15. The highest BCUT2D eigenvalue weighted by Crippen LogP contribution is 2.35. The molecule has 0 rings (SSSR count). The van der Waals surface area contributed by atoms with Crippen molar-refractivity contribution >= 4 is 28.6 Å². The van der Waals surface area contributed by atoms with Gasteiger partial charge < -0.3 is 18.3 Å². The molecule has 182 valence electrons. The molecular weight excluding hydrogens is 470 g/mol. The normalized spacial score (nSPS) is 14.7. The minimum absolute atomic E-state index is 0.135. The van der Waals surface area contributed by atoms with Crippen LogP contribution in [0.4, 0.5) is 26.3 Å². The van der Waals surface area contributed by atoms with Crippen LogP contribution in [-0.4, -0.2) is 66.0 Å². The molecule has 0 aliphatic rings. The molecule has 0 aromatic carbocycles. The third kappa shape index (κ3) is 12.3. The van der Waals surface area contributed by atoms with Crippen LogP contribution in [0, 0.1) is 0 Å². The highest BCUT2D eigenvalue weighted by molar-refractivity contribution is 6.84. The first-order valence-electron chi connectivity index (χ1n) is 9.30. The summed E-state index contributed by atoms with van der Waals surface area (Å²) in [5, 5.41) is 0. The summed E-state index contributed by atoms with van der Waals surface area (Å²) in [7, 11) is -4.43. The molecule has 0 aromatic rings. The number of rotatable bonds is 11. The minimum atomic E-state index is -5.85. The van der Waals surface area contributed by atoms with Crippen LogP contribution >= 0.6 is 0 Å². The average molecular weight is 499 g/mol. The molecule has 0 N–H and O–H groups in total. The van der Waals surface area contributed by atoms with Crippen molar-refractivity contribution < 1.29 is 54.3 Å². The zero-order chi connectivity index (χ0) is 24.7. The van der Waals surface area contributed by atoms with E-state index in [9.17, 15) is 35.9 Å². The second-order valence-corrected chi connectivity index (χ2v) is 16.9. The van der Waals surface area contributed by atoms with Gasteiger partial charge in [0.1, 0.15) is 12.3 Å². The molecular formula is C17H28F6O6Si2. The van der Waals surface area contributed by atoms with Crippen LogP contribution in [0.25, 0.3) is 0 Å². The van der Waals surface area contributed by atoms with E-state index in [1.54, 1.807) is 0 Å². The summed E-state index contributed by atoms with van der Waals surface area (Å²) in [6.07, 6.45) is -14.8. The topological polar surface area (TPSA) is 71.1 Å². The summed E-state index contributed by atoms with van der Waals surface area (Å²) in [4.78, 5) is 23.1. The van der Waals surface area contributed by atoms with Gasteiger partial charge in [0.05, 0.1) is 0 Å². The van der Waals surface area contributed by atoms with Gasteiger partial charge in [-0.15, -0.1) is 0 Å². The molecule has 31 heavy (non-hydrogen) atoms. The molecule has 0 spiro atoms. The Balaban J connectivity index is 5.04. The van der Waals surface area contributed by atoms with E-state index in [2.05, 4.69) is 4.74 Å². The lowest BCUT2D eigenvalue weighted by atomic mass is 10.3. The lowest BCUT2D eigenvalue weighted by Gasteiger charge is -2.37. The summed E-state index contributed by atoms with van der Waals surface area (Å²) in [6.45, 7) is 11.7. The fraction of sp³-hybridized carbons (Fsp3) is 0.765. The molecule has 0 fully saturated rings. The Hall–Kier alpha value is -1.39. The molecule has 1 atom stereocenters. The van der Waals surface area contributed by atoms with Crippen LogP contribution in [0.2, 0.25) is 32.7 Å². The molecule has 0 aliphatic carbocycles. The molecule has 0 aliphatic heterocycles. The molecule has 0 radical (unpaired) electrons. The highest BCUT2D eigenvalue weighted by Gasteiger charge is 2.59. The lowest BCUT2D eigenvalue weighted by Crippen LogP contribution is -2.54. The van der Waals surface area contributed by atoms with Gasteiger partial charge in [-0.3, -0.25) is 0 Å². The molecule has 0 aromatic heterocycles. The smallest absolute Gasteiger partial charge is 0.434 e. The largest absolute Gasteiger partial charge is 0.460 e. The van der Waals surface area contributed by atoms with Gasteiger partial charge in [-0.2, -0.15) is 26.3 Å². The number of ether oxygens (including phenoxy) is 3. The van der Waals surface area contributed by atoms with Crippen molar-refractivity contribution in [1.82, 2.24) is 0 Å². The Bertz CT molecular complexity index is 614. The van der Waals surface area contributed by atoms with E-state index >= 15 is 0 Å². The Morgan fingerprint density at radius 3 is 1.81 bits per heavy atom. The Morgan fingerprint density at radius 1 is 0.903 bits per heavy atom. The summed E-state index contributed by atoms with van der Waals surface area (Å²) < 4.78 is 94.6. The monoisotopic (exact) mass is 498 g/mol. The zero-order valence-corrected chi connectivity index (χ0v) is 20.1. The number of hydrogen-bond donors (Lipinski definition) is 0. The molecule has 6 nitrogen and oxygen atoms in total. The van der Waals surface area contributed by atoms with E-state index in [0.29, 0.717) is 19.1 Å². The first kappa shape index (κ1) is 29.6. The van der Waals surface area contributed by atoms with Gasteiger partial charge in [0.15, 0.2) is 8.32 Å². The van der Waals surface area contributed by atoms with Crippen LogP contribution in [0.5, 0.6) is 0 Å². The lowest BCUT2D eigenvalue weighted by molar-refractivity contribution is -0.312. The zero-order valence-electron chi connectivity index (χ0n) is 18.1. The van der Waals surface area contributed by atoms with Crippen LogP contribution < -0.4 is 0 Å². The van der Waals surface area contributed by atoms with Crippen molar-refractivity contribution in [2.24, 2.45) is 0 Å². The van der Waals surface area contributed by atoms with E-state index in [-0.39, 0.29) is 12.7 Å². The third-order valence-electron chi connectivity index (χ3n) is 3.43. The van der Waals surface area contributed by atoms with Crippen molar-refractivity contribution in [2.75, 3.05) is 13.2 Å². The van der Waals surface area contributed by atoms with Gasteiger partial charge in [-0.25, -0.2) is 9.59 Å². The minimum Gasteiger partial charge on any atom is -0.460 e. The fourth-order valence-corrected chi connectivity index (χ4v) is 10.2. The Kier molecular flexibility index (Phi) is 11.0.